The first-order valence-corrected chi connectivity index (χ1v) is 5.09. The highest BCUT2D eigenvalue weighted by Crippen LogP contribution is 2.26. The van der Waals surface area contributed by atoms with E-state index in [1.54, 1.807) is 42.9 Å². The average molecular weight is 228 g/mol. The Hall–Kier alpha value is -2.48. The van der Waals surface area contributed by atoms with Crippen LogP contribution >= 0.6 is 0 Å². The second-order valence-electron chi connectivity index (χ2n) is 3.67. The Morgan fingerprint density at radius 3 is 2.59 bits per heavy atom. The molecule has 1 aromatic heterocycles. The van der Waals surface area contributed by atoms with E-state index in [1.165, 1.54) is 0 Å². The van der Waals surface area contributed by atoms with Crippen LogP contribution < -0.4 is 10.5 Å². The summed E-state index contributed by atoms with van der Waals surface area (Å²) in [6.45, 7) is 1.77. The van der Waals surface area contributed by atoms with E-state index in [-0.39, 0.29) is 0 Å². The molecule has 2 N–H and O–H groups in total. The van der Waals surface area contributed by atoms with E-state index < -0.39 is 0 Å². The normalized spacial score (nSPS) is 9.94. The molecular formula is C12H12N4O. The predicted molar refractivity (Wildman–Crippen MR) is 63.6 cm³/mol. The number of rotatable bonds is 2. The number of hydrogen-bond acceptors (Lipinski definition) is 4. The summed E-state index contributed by atoms with van der Waals surface area (Å²) in [5, 5.41) is 13.2. The van der Waals surface area contributed by atoms with Gasteiger partial charge in [-0.25, -0.2) is 4.68 Å². The fourth-order valence-electron chi connectivity index (χ4n) is 1.53. The summed E-state index contributed by atoms with van der Waals surface area (Å²) in [6, 6.07) is 9.06. The SMILES string of the molecule is Cc1nn(C)c(Oc2ccc(N)cc2)c1C#N. The summed E-state index contributed by atoms with van der Waals surface area (Å²) < 4.78 is 7.18. The van der Waals surface area contributed by atoms with E-state index in [0.29, 0.717) is 28.6 Å². The number of ether oxygens (including phenoxy) is 1. The van der Waals surface area contributed by atoms with Gasteiger partial charge >= 0.3 is 0 Å². The number of benzene rings is 1. The summed E-state index contributed by atoms with van der Waals surface area (Å²) in [5.74, 6) is 1.06. The van der Waals surface area contributed by atoms with Gasteiger partial charge in [0.1, 0.15) is 17.4 Å². The number of nitrogen functional groups attached to an aromatic ring is 1. The Balaban J connectivity index is 2.36. The molecule has 0 radical (unpaired) electrons. The van der Waals surface area contributed by atoms with Gasteiger partial charge in [-0.2, -0.15) is 10.4 Å². The molecule has 0 fully saturated rings. The van der Waals surface area contributed by atoms with Gasteiger partial charge in [0.05, 0.1) is 5.69 Å². The topological polar surface area (TPSA) is 76.9 Å². The van der Waals surface area contributed by atoms with Crippen LogP contribution in [0.4, 0.5) is 5.69 Å². The molecule has 2 aromatic rings. The molecular weight excluding hydrogens is 216 g/mol. The molecule has 0 aliphatic carbocycles. The van der Waals surface area contributed by atoms with E-state index >= 15 is 0 Å². The Bertz CT molecular complexity index is 578. The van der Waals surface area contributed by atoms with Gasteiger partial charge in [-0.3, -0.25) is 0 Å². The number of anilines is 1. The van der Waals surface area contributed by atoms with Crippen LogP contribution in [-0.4, -0.2) is 9.78 Å². The molecule has 0 aliphatic heterocycles. The van der Waals surface area contributed by atoms with Gasteiger partial charge in [-0.05, 0) is 31.2 Å². The lowest BCUT2D eigenvalue weighted by Crippen LogP contribution is -1.96. The lowest BCUT2D eigenvalue weighted by atomic mass is 10.3. The molecule has 0 saturated carbocycles. The Morgan fingerprint density at radius 1 is 1.35 bits per heavy atom. The molecule has 0 saturated heterocycles. The Labute approximate surface area is 99.0 Å². The Morgan fingerprint density at radius 2 is 2.00 bits per heavy atom. The molecule has 86 valence electrons. The lowest BCUT2D eigenvalue weighted by molar-refractivity contribution is 0.429. The molecule has 0 spiro atoms. The number of aromatic nitrogens is 2. The molecule has 0 aliphatic rings. The molecule has 0 bridgehead atoms. The zero-order valence-corrected chi connectivity index (χ0v) is 9.64. The van der Waals surface area contributed by atoms with Gasteiger partial charge in [-0.15, -0.1) is 0 Å². The van der Waals surface area contributed by atoms with Crippen molar-refractivity contribution in [1.29, 1.82) is 5.26 Å². The van der Waals surface area contributed by atoms with Crippen LogP contribution in [0, 0.1) is 18.3 Å². The maximum absolute atomic E-state index is 9.03. The van der Waals surface area contributed by atoms with E-state index in [0.717, 1.165) is 0 Å². The second-order valence-corrected chi connectivity index (χ2v) is 3.67. The van der Waals surface area contributed by atoms with Crippen molar-refractivity contribution in [2.45, 2.75) is 6.92 Å². The highest BCUT2D eigenvalue weighted by atomic mass is 16.5. The van der Waals surface area contributed by atoms with Crippen molar-refractivity contribution in [3.63, 3.8) is 0 Å². The molecule has 5 nitrogen and oxygen atoms in total. The number of aryl methyl sites for hydroxylation is 2. The number of nitrogens with zero attached hydrogens (tertiary/aromatic N) is 3. The van der Waals surface area contributed by atoms with Crippen molar-refractivity contribution < 1.29 is 4.74 Å². The molecule has 0 unspecified atom stereocenters. The van der Waals surface area contributed by atoms with Crippen LogP contribution in [0.2, 0.25) is 0 Å². The van der Waals surface area contributed by atoms with Crippen LogP contribution in [0.15, 0.2) is 24.3 Å². The summed E-state index contributed by atoms with van der Waals surface area (Å²) in [7, 11) is 1.74. The first-order chi connectivity index (χ1) is 8.11. The molecule has 1 aromatic carbocycles. The monoisotopic (exact) mass is 228 g/mol. The van der Waals surface area contributed by atoms with Crippen molar-refractivity contribution in [3.05, 3.63) is 35.5 Å². The number of nitrogens with two attached hydrogens (primary N) is 1. The first kappa shape index (κ1) is 11.0. The summed E-state index contributed by atoms with van der Waals surface area (Å²) in [5.41, 5.74) is 7.35. The minimum atomic E-state index is 0.440. The number of nitriles is 1. The maximum atomic E-state index is 9.03. The molecule has 0 amide bonds. The van der Waals surface area contributed by atoms with Crippen molar-refractivity contribution in [2.24, 2.45) is 7.05 Å². The summed E-state index contributed by atoms with van der Waals surface area (Å²) in [6.07, 6.45) is 0. The summed E-state index contributed by atoms with van der Waals surface area (Å²) >= 11 is 0. The van der Waals surface area contributed by atoms with Crippen molar-refractivity contribution in [3.8, 4) is 17.7 Å². The van der Waals surface area contributed by atoms with Crippen molar-refractivity contribution in [1.82, 2.24) is 9.78 Å². The van der Waals surface area contributed by atoms with E-state index in [4.69, 9.17) is 15.7 Å². The largest absolute Gasteiger partial charge is 0.438 e. The Kier molecular flexibility index (Phi) is 2.71. The van der Waals surface area contributed by atoms with Crippen LogP contribution in [-0.2, 0) is 7.05 Å². The average Bonchev–Trinajstić information content (AvgIpc) is 2.57. The van der Waals surface area contributed by atoms with Crippen molar-refractivity contribution >= 4 is 5.69 Å². The molecule has 2 rings (SSSR count). The smallest absolute Gasteiger partial charge is 0.235 e. The fourth-order valence-corrected chi connectivity index (χ4v) is 1.53. The standard InChI is InChI=1S/C12H12N4O/c1-8-11(7-13)12(16(2)15-8)17-10-5-3-9(14)4-6-10/h3-6H,14H2,1-2H3. The third-order valence-corrected chi connectivity index (χ3v) is 2.38. The van der Waals surface area contributed by atoms with Crippen LogP contribution in [0.1, 0.15) is 11.3 Å². The van der Waals surface area contributed by atoms with Gasteiger partial charge in [0, 0.05) is 12.7 Å². The zero-order chi connectivity index (χ0) is 12.4. The van der Waals surface area contributed by atoms with E-state index in [2.05, 4.69) is 11.2 Å². The summed E-state index contributed by atoms with van der Waals surface area (Å²) in [4.78, 5) is 0. The van der Waals surface area contributed by atoms with Gasteiger partial charge in [-0.1, -0.05) is 0 Å². The van der Waals surface area contributed by atoms with Crippen LogP contribution in [0.25, 0.3) is 0 Å². The van der Waals surface area contributed by atoms with Crippen LogP contribution in [0.5, 0.6) is 11.6 Å². The number of hydrogen-bond donors (Lipinski definition) is 1. The maximum Gasteiger partial charge on any atom is 0.235 e. The van der Waals surface area contributed by atoms with Gasteiger partial charge < -0.3 is 10.5 Å². The highest BCUT2D eigenvalue weighted by molar-refractivity contribution is 5.46. The lowest BCUT2D eigenvalue weighted by Gasteiger charge is -2.06. The minimum Gasteiger partial charge on any atom is -0.438 e. The highest BCUT2D eigenvalue weighted by Gasteiger charge is 2.14. The van der Waals surface area contributed by atoms with Gasteiger partial charge in [0.15, 0.2) is 0 Å². The van der Waals surface area contributed by atoms with E-state index in [9.17, 15) is 0 Å². The van der Waals surface area contributed by atoms with E-state index in [1.807, 2.05) is 0 Å². The first-order valence-electron chi connectivity index (χ1n) is 5.09. The third kappa shape index (κ3) is 2.06. The predicted octanol–water partition coefficient (Wildman–Crippen LogP) is 1.97. The molecule has 0 atom stereocenters. The second kappa shape index (κ2) is 4.18. The fraction of sp³-hybridized carbons (Fsp3) is 0.167. The molecule has 17 heavy (non-hydrogen) atoms. The minimum absolute atomic E-state index is 0.440. The van der Waals surface area contributed by atoms with Gasteiger partial charge in [0.25, 0.3) is 0 Å². The molecule has 5 heteroatoms. The zero-order valence-electron chi connectivity index (χ0n) is 9.64. The van der Waals surface area contributed by atoms with Crippen molar-refractivity contribution in [2.75, 3.05) is 5.73 Å². The molecule has 1 heterocycles. The van der Waals surface area contributed by atoms with Gasteiger partial charge in [0.2, 0.25) is 5.88 Å². The third-order valence-electron chi connectivity index (χ3n) is 2.38. The van der Waals surface area contributed by atoms with Crippen LogP contribution in [0.3, 0.4) is 0 Å². The quantitative estimate of drug-likeness (QED) is 0.797.